The van der Waals surface area contributed by atoms with Crippen LogP contribution in [0.1, 0.15) is 78.6 Å². The lowest BCUT2D eigenvalue weighted by Crippen LogP contribution is -2.67. The summed E-state index contributed by atoms with van der Waals surface area (Å²) in [5.74, 6) is -2.78. The molecule has 0 spiro atoms. The van der Waals surface area contributed by atoms with E-state index < -0.39 is 104 Å². The average Bonchev–Trinajstić information content (AvgIpc) is 3.08. The first-order valence-electron chi connectivity index (χ1n) is 17.6. The van der Waals surface area contributed by atoms with Crippen molar-refractivity contribution in [3.05, 3.63) is 0 Å². The van der Waals surface area contributed by atoms with Gasteiger partial charge in [0.15, 0.2) is 18.7 Å². The van der Waals surface area contributed by atoms with Crippen LogP contribution in [0.25, 0.3) is 0 Å². The number of amides is 2. The first-order valence-corrected chi connectivity index (χ1v) is 17.6. The van der Waals surface area contributed by atoms with Gasteiger partial charge < -0.3 is 65.0 Å². The van der Waals surface area contributed by atoms with Gasteiger partial charge in [-0.25, -0.2) is 4.79 Å². The van der Waals surface area contributed by atoms with Crippen LogP contribution in [0.15, 0.2) is 0 Å². The molecule has 0 radical (unpaired) electrons. The summed E-state index contributed by atoms with van der Waals surface area (Å²) in [6, 6.07) is -1.25. The average molecular weight is 705 g/mol. The van der Waals surface area contributed by atoms with E-state index in [9.17, 15) is 45.0 Å². The highest BCUT2D eigenvalue weighted by atomic mass is 16.7. The molecule has 4 fully saturated rings. The Labute approximate surface area is 286 Å². The highest BCUT2D eigenvalue weighted by Gasteiger charge is 2.52. The molecule has 16 heteroatoms. The number of carbonyl (C=O) groups is 3. The van der Waals surface area contributed by atoms with Crippen LogP contribution >= 0.6 is 0 Å². The van der Waals surface area contributed by atoms with Crippen molar-refractivity contribution < 1.29 is 68.7 Å². The second kappa shape index (κ2) is 18.0. The summed E-state index contributed by atoms with van der Waals surface area (Å²) in [6.45, 7) is 3.97. The van der Waals surface area contributed by atoms with Gasteiger partial charge in [0.25, 0.3) is 0 Å². The number of carboxylic acids is 1. The lowest BCUT2D eigenvalue weighted by Gasteiger charge is -2.49. The van der Waals surface area contributed by atoms with Crippen molar-refractivity contribution in [3.63, 3.8) is 0 Å². The zero-order valence-electron chi connectivity index (χ0n) is 28.8. The van der Waals surface area contributed by atoms with Crippen LogP contribution in [0.5, 0.6) is 0 Å². The van der Waals surface area contributed by atoms with Gasteiger partial charge in [0.2, 0.25) is 11.8 Å². The van der Waals surface area contributed by atoms with Crippen LogP contribution in [0.2, 0.25) is 0 Å². The molecule has 2 heterocycles. The summed E-state index contributed by atoms with van der Waals surface area (Å²) in [5.41, 5.74) is 0. The van der Waals surface area contributed by atoms with E-state index in [1.54, 1.807) is 0 Å². The van der Waals surface area contributed by atoms with Crippen LogP contribution in [0.3, 0.4) is 0 Å². The van der Waals surface area contributed by atoms with Gasteiger partial charge in [0, 0.05) is 19.9 Å². The molecule has 16 nitrogen and oxygen atoms in total. The van der Waals surface area contributed by atoms with Crippen LogP contribution in [-0.4, -0.2) is 142 Å². The van der Waals surface area contributed by atoms with Crippen molar-refractivity contribution in [3.8, 4) is 0 Å². The van der Waals surface area contributed by atoms with Crippen molar-refractivity contribution in [1.82, 2.24) is 10.6 Å². The second-order valence-electron chi connectivity index (χ2n) is 14.0. The molecular weight excluding hydrogens is 648 g/mol. The van der Waals surface area contributed by atoms with Gasteiger partial charge in [-0.2, -0.15) is 0 Å². The third-order valence-electron chi connectivity index (χ3n) is 10.6. The number of carboxylic acid groups (broad SMARTS) is 1. The number of ether oxygens (including phenoxy) is 5. The van der Waals surface area contributed by atoms with E-state index in [0.29, 0.717) is 12.8 Å². The van der Waals surface area contributed by atoms with E-state index in [-0.39, 0.29) is 30.6 Å². The van der Waals surface area contributed by atoms with Crippen molar-refractivity contribution in [1.29, 1.82) is 0 Å². The van der Waals surface area contributed by atoms with E-state index in [2.05, 4.69) is 10.6 Å². The monoisotopic (exact) mass is 704 g/mol. The summed E-state index contributed by atoms with van der Waals surface area (Å²) in [4.78, 5) is 37.9. The van der Waals surface area contributed by atoms with Gasteiger partial charge in [-0.15, -0.1) is 0 Å². The first-order chi connectivity index (χ1) is 23.3. The summed E-state index contributed by atoms with van der Waals surface area (Å²) >= 11 is 0. The maximum atomic E-state index is 12.9. The van der Waals surface area contributed by atoms with E-state index in [4.69, 9.17) is 23.7 Å². The maximum Gasteiger partial charge on any atom is 0.332 e. The largest absolute Gasteiger partial charge is 0.479 e. The van der Waals surface area contributed by atoms with Gasteiger partial charge in [-0.3, -0.25) is 9.59 Å². The Morgan fingerprint density at radius 2 is 1.59 bits per heavy atom. The number of carbonyl (C=O) groups excluding carboxylic acids is 2. The number of aliphatic hydroxyl groups is 5. The molecule has 0 aromatic heterocycles. The smallest absolute Gasteiger partial charge is 0.332 e. The number of nitrogens with one attached hydrogen (secondary N) is 2. The number of hydrogen-bond donors (Lipinski definition) is 8. The molecule has 49 heavy (non-hydrogen) atoms. The summed E-state index contributed by atoms with van der Waals surface area (Å²) in [7, 11) is 1.51. The van der Waals surface area contributed by atoms with Gasteiger partial charge in [0.05, 0.1) is 24.9 Å². The number of rotatable bonds is 13. The molecule has 2 saturated heterocycles. The third-order valence-corrected chi connectivity index (χ3v) is 10.6. The van der Waals surface area contributed by atoms with Gasteiger partial charge in [0.1, 0.15) is 42.7 Å². The Hall–Kier alpha value is -1.99. The standard InChI is InChI=1S/C33H56N2O14/c1-5-18-12-19(30(42)34-4)13-20(28(18)49-33-27(41)26(40)24(38)15(2)45-33)47-32-23(35-16(3)37)29(25(39)22(14-36)48-32)46-21(31(43)44)11-17-9-7-6-8-10-17/h15,17-29,32-33,36,38-41H,5-14H2,1-4H3,(H,34,42)(H,35,37)(H,43,44)/t15?,18-,19?,20-,21+,22?,23?,24-,25+,26+,27?,28?,29?,32-,33+/m1/s1. The highest BCUT2D eigenvalue weighted by molar-refractivity contribution is 5.78. The fourth-order valence-corrected chi connectivity index (χ4v) is 7.78. The van der Waals surface area contributed by atoms with Crippen LogP contribution < -0.4 is 10.6 Å². The zero-order valence-corrected chi connectivity index (χ0v) is 28.8. The zero-order chi connectivity index (χ0) is 36.0. The van der Waals surface area contributed by atoms with Gasteiger partial charge >= 0.3 is 5.97 Å². The van der Waals surface area contributed by atoms with E-state index >= 15 is 0 Å². The molecule has 8 N–H and O–H groups in total. The molecular formula is C33H56N2O14. The molecule has 2 aliphatic heterocycles. The third kappa shape index (κ3) is 9.67. The van der Waals surface area contributed by atoms with Crippen LogP contribution in [0.4, 0.5) is 0 Å². The maximum absolute atomic E-state index is 12.9. The molecule has 0 aromatic rings. The Balaban J connectivity index is 1.65. The van der Waals surface area contributed by atoms with Gasteiger partial charge in [-0.05, 0) is 38.0 Å². The minimum atomic E-state index is -1.61. The van der Waals surface area contributed by atoms with E-state index in [0.717, 1.165) is 32.1 Å². The molecule has 2 amide bonds. The molecule has 15 atom stereocenters. The second-order valence-corrected chi connectivity index (χ2v) is 14.0. The number of hydrogen-bond acceptors (Lipinski definition) is 13. The summed E-state index contributed by atoms with van der Waals surface area (Å²) < 4.78 is 30.7. The number of aliphatic carboxylic acids is 1. The van der Waals surface area contributed by atoms with Crippen LogP contribution in [-0.2, 0) is 38.1 Å². The Morgan fingerprint density at radius 3 is 2.18 bits per heavy atom. The SMILES string of the molecule is CC[C@@H]1CC(C(=O)NC)C[C@@H](O[C@@H]2OC(CO)[C@H](O)C(O[C@@H](CC3CCCCC3)C(=O)O)C2NC(C)=O)C1O[C@@H]1OC(C)[C@@H](O)[C@H](O)C1O. The predicted octanol–water partition coefficient (Wildman–Crippen LogP) is -0.842. The quantitative estimate of drug-likeness (QED) is 0.117. The topological polar surface area (TPSA) is 243 Å². The predicted molar refractivity (Wildman–Crippen MR) is 170 cm³/mol. The van der Waals surface area contributed by atoms with Crippen molar-refractivity contribution in [2.45, 2.75) is 158 Å². The first kappa shape index (κ1) is 39.8. The lowest BCUT2D eigenvalue weighted by atomic mass is 9.75. The minimum absolute atomic E-state index is 0.0916. The molecule has 4 rings (SSSR count). The normalized spacial score (nSPS) is 41.1. The molecule has 282 valence electrons. The Kier molecular flexibility index (Phi) is 14.6. The molecule has 4 aliphatic rings. The highest BCUT2D eigenvalue weighted by Crippen LogP contribution is 2.40. The van der Waals surface area contributed by atoms with E-state index in [1.165, 1.54) is 20.9 Å². The number of aliphatic hydroxyl groups excluding tert-OH is 5. The van der Waals surface area contributed by atoms with Crippen molar-refractivity contribution in [2.75, 3.05) is 13.7 Å². The fourth-order valence-electron chi connectivity index (χ4n) is 7.78. The Bertz CT molecular complexity index is 1090. The van der Waals surface area contributed by atoms with Gasteiger partial charge in [-0.1, -0.05) is 45.4 Å². The van der Waals surface area contributed by atoms with E-state index in [1.807, 2.05) is 6.92 Å². The summed E-state index contributed by atoms with van der Waals surface area (Å²) in [6.07, 6.45) is -9.60. The van der Waals surface area contributed by atoms with Crippen molar-refractivity contribution in [2.24, 2.45) is 17.8 Å². The van der Waals surface area contributed by atoms with Crippen molar-refractivity contribution >= 4 is 17.8 Å². The lowest BCUT2D eigenvalue weighted by molar-refractivity contribution is -0.338. The molecule has 0 aromatic carbocycles. The molecule has 2 saturated carbocycles. The molecule has 7 unspecified atom stereocenters. The summed E-state index contributed by atoms with van der Waals surface area (Å²) in [5, 5.41) is 68.4. The van der Waals surface area contributed by atoms with Crippen LogP contribution in [0, 0.1) is 17.8 Å². The minimum Gasteiger partial charge on any atom is -0.479 e. The Morgan fingerprint density at radius 1 is 0.898 bits per heavy atom. The molecule has 2 aliphatic carbocycles. The molecule has 0 bridgehead atoms. The fraction of sp³-hybridized carbons (Fsp3) is 0.909.